The van der Waals surface area contributed by atoms with E-state index in [-0.39, 0.29) is 11.7 Å². The second-order valence-electron chi connectivity index (χ2n) is 7.30. The van der Waals surface area contributed by atoms with Gasteiger partial charge in [-0.1, -0.05) is 29.3 Å². The van der Waals surface area contributed by atoms with Crippen LogP contribution in [0.3, 0.4) is 0 Å². The number of benzene rings is 2. The van der Waals surface area contributed by atoms with Crippen LogP contribution in [-0.2, 0) is 0 Å². The van der Waals surface area contributed by atoms with Crippen molar-refractivity contribution >= 4 is 40.5 Å². The van der Waals surface area contributed by atoms with Crippen molar-refractivity contribution < 1.29 is 9.21 Å². The number of nitrogens with one attached hydrogen (secondary N) is 1. The Bertz CT molecular complexity index is 1010. The molecule has 1 aliphatic heterocycles. The lowest BCUT2D eigenvalue weighted by molar-refractivity contribution is 0.0997. The molecule has 1 fully saturated rings. The Morgan fingerprint density at radius 1 is 1.07 bits per heavy atom. The number of hydrogen-bond acceptors (Lipinski definition) is 3. The van der Waals surface area contributed by atoms with Gasteiger partial charge in [0, 0.05) is 29.5 Å². The topological polar surface area (TPSA) is 45.5 Å². The Balaban J connectivity index is 1.46. The van der Waals surface area contributed by atoms with E-state index in [9.17, 15) is 4.79 Å². The minimum Gasteiger partial charge on any atom is -0.451 e. The van der Waals surface area contributed by atoms with Gasteiger partial charge in [0.05, 0.1) is 10.0 Å². The molecule has 150 valence electrons. The molecule has 1 N–H and O–H groups in total. The van der Waals surface area contributed by atoms with E-state index in [1.165, 1.54) is 24.9 Å². The quantitative estimate of drug-likeness (QED) is 0.492. The second kappa shape index (κ2) is 8.52. The minimum absolute atomic E-state index is 0.213. The molecule has 1 aliphatic rings. The van der Waals surface area contributed by atoms with E-state index >= 15 is 0 Å². The zero-order valence-electron chi connectivity index (χ0n) is 16.1. The number of carbonyl (C=O) groups excluding carboxylic acids is 1. The molecule has 0 bridgehead atoms. The number of anilines is 2. The highest BCUT2D eigenvalue weighted by Crippen LogP contribution is 2.34. The number of hydrogen-bond donors (Lipinski definition) is 1. The average Bonchev–Trinajstić information content (AvgIpc) is 3.21. The fourth-order valence-corrected chi connectivity index (χ4v) is 4.10. The van der Waals surface area contributed by atoms with E-state index in [0.29, 0.717) is 27.4 Å². The molecule has 2 aromatic carbocycles. The summed E-state index contributed by atoms with van der Waals surface area (Å²) in [5.74, 6) is 0.398. The Labute approximate surface area is 180 Å². The normalized spacial score (nSPS) is 16.7. The third-order valence-electron chi connectivity index (χ3n) is 5.31. The standard InChI is InChI=1S/C23H22Cl2N2O2/c1-15-5-2-3-14-27(15)17-10-8-16(9-11-17)26-23(28)21-13-12-20(29-21)18-6-4-7-19(24)22(18)25/h4,6-13,15H,2-3,5,14H2,1H3,(H,26,28)/t15-/m1/s1. The van der Waals surface area contributed by atoms with Gasteiger partial charge in [-0.3, -0.25) is 4.79 Å². The van der Waals surface area contributed by atoms with Crippen molar-refractivity contribution in [3.05, 3.63) is 70.4 Å². The van der Waals surface area contributed by atoms with Crippen molar-refractivity contribution in [1.29, 1.82) is 0 Å². The van der Waals surface area contributed by atoms with Gasteiger partial charge in [0.2, 0.25) is 0 Å². The number of piperidine rings is 1. The van der Waals surface area contributed by atoms with E-state index in [0.717, 1.165) is 12.2 Å². The molecule has 29 heavy (non-hydrogen) atoms. The second-order valence-corrected chi connectivity index (χ2v) is 8.09. The third-order valence-corrected chi connectivity index (χ3v) is 6.13. The summed E-state index contributed by atoms with van der Waals surface area (Å²) < 4.78 is 5.71. The van der Waals surface area contributed by atoms with Crippen molar-refractivity contribution in [2.75, 3.05) is 16.8 Å². The lowest BCUT2D eigenvalue weighted by atomic mass is 10.0. The predicted octanol–water partition coefficient (Wildman–Crippen LogP) is 6.88. The summed E-state index contributed by atoms with van der Waals surface area (Å²) in [6.45, 7) is 3.34. The van der Waals surface area contributed by atoms with Crippen LogP contribution < -0.4 is 10.2 Å². The number of nitrogens with zero attached hydrogens (tertiary/aromatic N) is 1. The average molecular weight is 429 g/mol. The van der Waals surface area contributed by atoms with Crippen LogP contribution in [0.25, 0.3) is 11.3 Å². The predicted molar refractivity (Wildman–Crippen MR) is 119 cm³/mol. The van der Waals surface area contributed by atoms with Crippen molar-refractivity contribution in [1.82, 2.24) is 0 Å². The van der Waals surface area contributed by atoms with E-state index in [1.54, 1.807) is 30.3 Å². The van der Waals surface area contributed by atoms with Gasteiger partial charge in [-0.2, -0.15) is 0 Å². The van der Waals surface area contributed by atoms with E-state index in [1.807, 2.05) is 12.1 Å². The minimum atomic E-state index is -0.312. The summed E-state index contributed by atoms with van der Waals surface area (Å²) in [6, 6.07) is 17.1. The van der Waals surface area contributed by atoms with Crippen LogP contribution in [-0.4, -0.2) is 18.5 Å². The molecule has 0 saturated carbocycles. The lowest BCUT2D eigenvalue weighted by Gasteiger charge is -2.35. The molecule has 2 heterocycles. The van der Waals surface area contributed by atoms with Gasteiger partial charge in [0.25, 0.3) is 5.91 Å². The molecule has 0 aliphatic carbocycles. The molecule has 0 unspecified atom stereocenters. The molecular weight excluding hydrogens is 407 g/mol. The molecular formula is C23H22Cl2N2O2. The number of rotatable bonds is 4. The fourth-order valence-electron chi connectivity index (χ4n) is 3.71. The summed E-state index contributed by atoms with van der Waals surface area (Å²) in [5, 5.41) is 3.72. The van der Waals surface area contributed by atoms with Crippen molar-refractivity contribution in [3.8, 4) is 11.3 Å². The number of amides is 1. The molecule has 1 aromatic heterocycles. The Kier molecular flexibility index (Phi) is 5.84. The summed E-state index contributed by atoms with van der Waals surface area (Å²) in [5.41, 5.74) is 2.56. The van der Waals surface area contributed by atoms with Gasteiger partial charge < -0.3 is 14.6 Å². The summed E-state index contributed by atoms with van der Waals surface area (Å²) >= 11 is 12.3. The van der Waals surface area contributed by atoms with Gasteiger partial charge in [0.15, 0.2) is 5.76 Å². The van der Waals surface area contributed by atoms with Crippen LogP contribution in [0.5, 0.6) is 0 Å². The van der Waals surface area contributed by atoms with Gasteiger partial charge >= 0.3 is 0 Å². The molecule has 4 nitrogen and oxygen atoms in total. The first kappa shape index (κ1) is 19.9. The molecule has 6 heteroatoms. The number of halogens is 2. The fraction of sp³-hybridized carbons (Fsp3) is 0.261. The van der Waals surface area contributed by atoms with Gasteiger partial charge in [0.1, 0.15) is 5.76 Å². The van der Waals surface area contributed by atoms with E-state index in [4.69, 9.17) is 27.6 Å². The summed E-state index contributed by atoms with van der Waals surface area (Å²) in [6.07, 6.45) is 3.73. The SMILES string of the molecule is C[C@@H]1CCCCN1c1ccc(NC(=O)c2ccc(-c3cccc(Cl)c3Cl)o2)cc1. The van der Waals surface area contributed by atoms with Crippen molar-refractivity contribution in [3.63, 3.8) is 0 Å². The zero-order chi connectivity index (χ0) is 20.4. The molecule has 0 spiro atoms. The van der Waals surface area contributed by atoms with Crippen LogP contribution in [0.15, 0.2) is 59.0 Å². The monoisotopic (exact) mass is 428 g/mol. The molecule has 1 saturated heterocycles. The highest BCUT2D eigenvalue weighted by atomic mass is 35.5. The summed E-state index contributed by atoms with van der Waals surface area (Å²) in [4.78, 5) is 15.0. The Morgan fingerprint density at radius 2 is 1.86 bits per heavy atom. The maximum Gasteiger partial charge on any atom is 0.291 e. The number of furan rings is 1. The first-order valence-electron chi connectivity index (χ1n) is 9.75. The van der Waals surface area contributed by atoms with Gasteiger partial charge in [-0.15, -0.1) is 0 Å². The summed E-state index contributed by atoms with van der Waals surface area (Å²) in [7, 11) is 0. The van der Waals surface area contributed by atoms with Crippen LogP contribution in [0, 0.1) is 0 Å². The largest absolute Gasteiger partial charge is 0.451 e. The highest BCUT2D eigenvalue weighted by Gasteiger charge is 2.19. The molecule has 3 aromatic rings. The number of carbonyl (C=O) groups is 1. The third kappa shape index (κ3) is 4.29. The van der Waals surface area contributed by atoms with Crippen LogP contribution in [0.4, 0.5) is 11.4 Å². The maximum atomic E-state index is 12.6. The Hall–Kier alpha value is -2.43. The Morgan fingerprint density at radius 3 is 2.62 bits per heavy atom. The molecule has 4 rings (SSSR count). The van der Waals surface area contributed by atoms with Crippen LogP contribution in [0.1, 0.15) is 36.7 Å². The first-order chi connectivity index (χ1) is 14.0. The van der Waals surface area contributed by atoms with E-state index in [2.05, 4.69) is 29.3 Å². The molecule has 1 amide bonds. The maximum absolute atomic E-state index is 12.6. The zero-order valence-corrected chi connectivity index (χ0v) is 17.6. The molecule has 0 radical (unpaired) electrons. The van der Waals surface area contributed by atoms with E-state index < -0.39 is 0 Å². The van der Waals surface area contributed by atoms with Crippen molar-refractivity contribution in [2.45, 2.75) is 32.2 Å². The van der Waals surface area contributed by atoms with Gasteiger partial charge in [-0.05, 0) is 74.7 Å². The smallest absolute Gasteiger partial charge is 0.291 e. The van der Waals surface area contributed by atoms with Gasteiger partial charge in [-0.25, -0.2) is 0 Å². The highest BCUT2D eigenvalue weighted by molar-refractivity contribution is 6.43. The first-order valence-corrected chi connectivity index (χ1v) is 10.5. The van der Waals surface area contributed by atoms with Crippen molar-refractivity contribution in [2.24, 2.45) is 0 Å². The molecule has 1 atom stereocenters. The lowest BCUT2D eigenvalue weighted by Crippen LogP contribution is -2.37. The van der Waals surface area contributed by atoms with Crippen LogP contribution in [0.2, 0.25) is 10.0 Å². The van der Waals surface area contributed by atoms with Crippen LogP contribution >= 0.6 is 23.2 Å².